The summed E-state index contributed by atoms with van der Waals surface area (Å²) in [6.07, 6.45) is 5.78. The fourth-order valence-electron chi connectivity index (χ4n) is 4.83. The van der Waals surface area contributed by atoms with Crippen LogP contribution >= 0.6 is 0 Å². The van der Waals surface area contributed by atoms with Crippen LogP contribution in [-0.2, 0) is 18.3 Å². The molecular formula is C26H31N5O3. The second-order valence-corrected chi connectivity index (χ2v) is 8.94. The van der Waals surface area contributed by atoms with Gasteiger partial charge < -0.3 is 14.4 Å². The highest BCUT2D eigenvalue weighted by Gasteiger charge is 2.28. The highest BCUT2D eigenvalue weighted by molar-refractivity contribution is 5.59. The molecule has 8 heteroatoms. The van der Waals surface area contributed by atoms with Crippen molar-refractivity contribution in [1.82, 2.24) is 19.4 Å². The molecule has 0 saturated carbocycles. The Balaban J connectivity index is 1.43. The van der Waals surface area contributed by atoms with Gasteiger partial charge in [-0.2, -0.15) is 0 Å². The molecule has 5 rings (SSSR count). The third kappa shape index (κ3) is 4.69. The molecular weight excluding hydrogens is 430 g/mol. The fraction of sp³-hybridized carbons (Fsp3) is 0.423. The Bertz CT molecular complexity index is 1190. The number of benzene rings is 1. The Morgan fingerprint density at radius 1 is 1.09 bits per heavy atom. The van der Waals surface area contributed by atoms with Crippen LogP contribution in [0.1, 0.15) is 30.1 Å². The summed E-state index contributed by atoms with van der Waals surface area (Å²) in [5.41, 5.74) is 3.73. The summed E-state index contributed by atoms with van der Waals surface area (Å²) in [5, 5.41) is 0. The average Bonchev–Trinajstić information content (AvgIpc) is 3.39. The first-order valence-electron chi connectivity index (χ1n) is 11.9. The minimum absolute atomic E-state index is 0.0926. The highest BCUT2D eigenvalue weighted by atomic mass is 16.5. The summed E-state index contributed by atoms with van der Waals surface area (Å²) in [6.45, 7) is 5.04. The third-order valence-electron chi connectivity index (χ3n) is 6.68. The van der Waals surface area contributed by atoms with Crippen LogP contribution in [0.3, 0.4) is 0 Å². The maximum absolute atomic E-state index is 12.8. The molecule has 3 aromatic rings. The molecule has 2 aliphatic rings. The van der Waals surface area contributed by atoms with Crippen molar-refractivity contribution in [2.45, 2.75) is 25.5 Å². The number of anilines is 1. The van der Waals surface area contributed by atoms with Gasteiger partial charge in [0, 0.05) is 49.7 Å². The zero-order valence-electron chi connectivity index (χ0n) is 19.8. The Morgan fingerprint density at radius 2 is 1.88 bits per heavy atom. The van der Waals surface area contributed by atoms with Crippen LogP contribution in [0.2, 0.25) is 0 Å². The van der Waals surface area contributed by atoms with Crippen molar-refractivity contribution in [2.75, 3.05) is 44.8 Å². The minimum atomic E-state index is -0.177. The highest BCUT2D eigenvalue weighted by Crippen LogP contribution is 2.33. The van der Waals surface area contributed by atoms with Crippen molar-refractivity contribution >= 4 is 5.95 Å². The van der Waals surface area contributed by atoms with Gasteiger partial charge in [-0.1, -0.05) is 6.07 Å². The van der Waals surface area contributed by atoms with Crippen LogP contribution in [0, 0.1) is 0 Å². The molecule has 0 aliphatic carbocycles. The van der Waals surface area contributed by atoms with Crippen molar-refractivity contribution in [3.63, 3.8) is 0 Å². The van der Waals surface area contributed by atoms with Crippen LogP contribution in [0.25, 0.3) is 11.3 Å². The standard InChI is InChI=1S/C26H31N5O3/c1-29-25(32)16-22(20-7-9-27-10-8-20)28-26(29)31-13-14-34-24(18-31)21-15-19(5-6-23(21)33-2)17-30-11-3-4-12-30/h5-10,15-16,24H,3-4,11-14,17-18H2,1-2H3. The Morgan fingerprint density at radius 3 is 2.65 bits per heavy atom. The molecule has 2 aliphatic heterocycles. The van der Waals surface area contributed by atoms with Crippen LogP contribution in [0.5, 0.6) is 5.75 Å². The third-order valence-corrected chi connectivity index (χ3v) is 6.68. The van der Waals surface area contributed by atoms with E-state index in [1.165, 1.54) is 18.4 Å². The summed E-state index contributed by atoms with van der Waals surface area (Å²) in [5.74, 6) is 1.46. The predicted octanol–water partition coefficient (Wildman–Crippen LogP) is 3.02. The van der Waals surface area contributed by atoms with E-state index in [-0.39, 0.29) is 11.7 Å². The molecule has 2 saturated heterocycles. The largest absolute Gasteiger partial charge is 0.496 e. The lowest BCUT2D eigenvalue weighted by Crippen LogP contribution is -2.41. The first-order chi connectivity index (χ1) is 16.6. The molecule has 8 nitrogen and oxygen atoms in total. The van der Waals surface area contributed by atoms with Gasteiger partial charge in [0.1, 0.15) is 11.9 Å². The SMILES string of the molecule is COc1ccc(CN2CCCC2)cc1C1CN(c2nc(-c3ccncc3)cc(=O)n2C)CCO1. The predicted molar refractivity (Wildman–Crippen MR) is 131 cm³/mol. The monoisotopic (exact) mass is 461 g/mol. The van der Waals surface area contributed by atoms with Gasteiger partial charge in [0.15, 0.2) is 0 Å². The first kappa shape index (κ1) is 22.6. The summed E-state index contributed by atoms with van der Waals surface area (Å²) in [6, 6.07) is 11.7. The van der Waals surface area contributed by atoms with Crippen molar-refractivity contribution in [3.05, 3.63) is 70.3 Å². The molecule has 1 atom stereocenters. The number of nitrogens with zero attached hydrogens (tertiary/aromatic N) is 5. The quantitative estimate of drug-likeness (QED) is 0.559. The van der Waals surface area contributed by atoms with Crippen LogP contribution in [0.15, 0.2) is 53.6 Å². The minimum Gasteiger partial charge on any atom is -0.496 e. The molecule has 34 heavy (non-hydrogen) atoms. The van der Waals surface area contributed by atoms with Gasteiger partial charge in [-0.05, 0) is 55.8 Å². The van der Waals surface area contributed by atoms with Gasteiger partial charge >= 0.3 is 0 Å². The smallest absolute Gasteiger partial charge is 0.255 e. The topological polar surface area (TPSA) is 72.7 Å². The maximum atomic E-state index is 12.8. The van der Waals surface area contributed by atoms with E-state index in [1.54, 1.807) is 37.2 Å². The summed E-state index contributed by atoms with van der Waals surface area (Å²) in [7, 11) is 3.46. The number of aromatic nitrogens is 3. The second-order valence-electron chi connectivity index (χ2n) is 8.94. The molecule has 178 valence electrons. The summed E-state index contributed by atoms with van der Waals surface area (Å²) in [4.78, 5) is 26.3. The van der Waals surface area contributed by atoms with Gasteiger partial charge in [-0.3, -0.25) is 19.2 Å². The van der Waals surface area contributed by atoms with Gasteiger partial charge in [0.05, 0.1) is 26.0 Å². The molecule has 0 bridgehead atoms. The zero-order valence-corrected chi connectivity index (χ0v) is 19.8. The van der Waals surface area contributed by atoms with Crippen LogP contribution < -0.4 is 15.2 Å². The van der Waals surface area contributed by atoms with Gasteiger partial charge in [0.25, 0.3) is 5.56 Å². The van der Waals surface area contributed by atoms with E-state index in [0.717, 1.165) is 36.5 Å². The average molecular weight is 462 g/mol. The number of rotatable bonds is 6. The molecule has 2 aromatic heterocycles. The molecule has 0 N–H and O–H groups in total. The lowest BCUT2D eigenvalue weighted by atomic mass is 10.0. The van der Waals surface area contributed by atoms with Crippen LogP contribution in [-0.4, -0.2) is 59.3 Å². The van der Waals surface area contributed by atoms with Gasteiger partial charge in [-0.15, -0.1) is 0 Å². The van der Waals surface area contributed by atoms with E-state index in [9.17, 15) is 4.79 Å². The van der Waals surface area contributed by atoms with Crippen molar-refractivity contribution in [3.8, 4) is 17.0 Å². The van der Waals surface area contributed by atoms with Crippen molar-refractivity contribution in [1.29, 1.82) is 0 Å². The number of morpholine rings is 1. The van der Waals surface area contributed by atoms with Gasteiger partial charge in [-0.25, -0.2) is 4.98 Å². The number of pyridine rings is 1. The molecule has 0 radical (unpaired) electrons. The van der Waals surface area contributed by atoms with E-state index in [1.807, 2.05) is 18.2 Å². The second kappa shape index (κ2) is 9.95. The first-order valence-corrected chi connectivity index (χ1v) is 11.9. The number of ether oxygens (including phenoxy) is 2. The van der Waals surface area contributed by atoms with Crippen molar-refractivity contribution in [2.24, 2.45) is 7.05 Å². The Labute approximate surface area is 199 Å². The number of likely N-dealkylation sites (tertiary alicyclic amines) is 1. The van der Waals surface area contributed by atoms with E-state index >= 15 is 0 Å². The molecule has 0 amide bonds. The number of methoxy groups -OCH3 is 1. The maximum Gasteiger partial charge on any atom is 0.255 e. The van der Waals surface area contributed by atoms with E-state index in [0.29, 0.717) is 31.3 Å². The normalized spacial score (nSPS) is 18.9. The molecule has 1 unspecified atom stereocenters. The molecule has 4 heterocycles. The van der Waals surface area contributed by atoms with E-state index < -0.39 is 0 Å². The zero-order chi connectivity index (χ0) is 23.5. The lowest BCUT2D eigenvalue weighted by Gasteiger charge is -2.35. The Hall–Kier alpha value is -3.23. The molecule has 2 fully saturated rings. The summed E-state index contributed by atoms with van der Waals surface area (Å²) >= 11 is 0. The van der Waals surface area contributed by atoms with E-state index in [4.69, 9.17) is 14.5 Å². The van der Waals surface area contributed by atoms with Crippen LogP contribution in [0.4, 0.5) is 5.95 Å². The molecule has 1 aromatic carbocycles. The number of hydrogen-bond acceptors (Lipinski definition) is 7. The lowest BCUT2D eigenvalue weighted by molar-refractivity contribution is 0.0373. The Kier molecular flexibility index (Phi) is 6.60. The summed E-state index contributed by atoms with van der Waals surface area (Å²) < 4.78 is 13.5. The number of hydrogen-bond donors (Lipinski definition) is 0. The van der Waals surface area contributed by atoms with E-state index in [2.05, 4.69) is 26.9 Å². The fourth-order valence-corrected chi connectivity index (χ4v) is 4.83. The van der Waals surface area contributed by atoms with Gasteiger partial charge in [0.2, 0.25) is 5.95 Å². The van der Waals surface area contributed by atoms with Crippen molar-refractivity contribution < 1.29 is 9.47 Å². The molecule has 0 spiro atoms.